The fourth-order valence-corrected chi connectivity index (χ4v) is 3.09. The van der Waals surface area contributed by atoms with Crippen LogP contribution in [-0.2, 0) is 4.79 Å². The van der Waals surface area contributed by atoms with Gasteiger partial charge in [0.15, 0.2) is 0 Å². The molecule has 4 heteroatoms. The van der Waals surface area contributed by atoms with Gasteiger partial charge in [-0.2, -0.15) is 0 Å². The van der Waals surface area contributed by atoms with Crippen molar-refractivity contribution in [2.24, 2.45) is 0 Å². The van der Waals surface area contributed by atoms with E-state index >= 15 is 0 Å². The molecule has 2 aliphatic heterocycles. The number of piperazine rings is 1. The molecule has 0 bridgehead atoms. The molecule has 0 aromatic heterocycles. The molecule has 0 spiro atoms. The Labute approximate surface area is 117 Å². The number of piperidine rings is 1. The molecule has 1 unspecified atom stereocenters. The van der Waals surface area contributed by atoms with Crippen molar-refractivity contribution < 1.29 is 4.79 Å². The molecular weight excluding hydrogens is 238 g/mol. The third kappa shape index (κ3) is 4.46. The molecule has 19 heavy (non-hydrogen) atoms. The molecule has 4 nitrogen and oxygen atoms in total. The van der Waals surface area contributed by atoms with Gasteiger partial charge in [-0.1, -0.05) is 6.42 Å². The van der Waals surface area contributed by atoms with Crippen LogP contribution in [0, 0.1) is 0 Å². The summed E-state index contributed by atoms with van der Waals surface area (Å²) in [6.45, 7) is 11.4. The number of carbonyl (C=O) groups excluding carboxylic acids is 1. The first-order chi connectivity index (χ1) is 8.96. The molecule has 0 radical (unpaired) electrons. The molecule has 0 saturated carbocycles. The van der Waals surface area contributed by atoms with E-state index in [0.717, 1.165) is 26.2 Å². The summed E-state index contributed by atoms with van der Waals surface area (Å²) < 4.78 is 0. The SMILES string of the molecule is CC(C)(C)NCCC(=O)N1CCN2CCCCC2C1. The van der Waals surface area contributed by atoms with E-state index in [-0.39, 0.29) is 5.54 Å². The zero-order valence-electron chi connectivity index (χ0n) is 12.7. The number of hydrogen-bond acceptors (Lipinski definition) is 3. The second-order valence-corrected chi connectivity index (χ2v) is 6.95. The zero-order chi connectivity index (χ0) is 13.9. The fourth-order valence-electron chi connectivity index (χ4n) is 3.09. The van der Waals surface area contributed by atoms with Gasteiger partial charge >= 0.3 is 0 Å². The number of nitrogens with one attached hydrogen (secondary N) is 1. The predicted octanol–water partition coefficient (Wildman–Crippen LogP) is 1.46. The monoisotopic (exact) mass is 267 g/mol. The Bertz CT molecular complexity index is 311. The van der Waals surface area contributed by atoms with Gasteiger partial charge in [-0.15, -0.1) is 0 Å². The van der Waals surface area contributed by atoms with Crippen LogP contribution in [0.4, 0.5) is 0 Å². The summed E-state index contributed by atoms with van der Waals surface area (Å²) in [6, 6.07) is 0.627. The Morgan fingerprint density at radius 1 is 1.21 bits per heavy atom. The minimum absolute atomic E-state index is 0.0996. The van der Waals surface area contributed by atoms with E-state index in [1.807, 2.05) is 0 Å². The second kappa shape index (κ2) is 6.23. The maximum atomic E-state index is 12.2. The minimum Gasteiger partial charge on any atom is -0.340 e. The van der Waals surface area contributed by atoms with Crippen molar-refractivity contribution in [1.29, 1.82) is 0 Å². The van der Waals surface area contributed by atoms with Crippen LogP contribution in [0.2, 0.25) is 0 Å². The summed E-state index contributed by atoms with van der Waals surface area (Å²) in [5.74, 6) is 0.321. The third-order valence-electron chi connectivity index (χ3n) is 4.18. The van der Waals surface area contributed by atoms with Crippen LogP contribution in [0.1, 0.15) is 46.5 Å². The Morgan fingerprint density at radius 3 is 2.74 bits per heavy atom. The third-order valence-corrected chi connectivity index (χ3v) is 4.18. The summed E-state index contributed by atoms with van der Waals surface area (Å²) in [5.41, 5.74) is 0.0996. The number of hydrogen-bond donors (Lipinski definition) is 1. The summed E-state index contributed by atoms with van der Waals surface area (Å²) in [5, 5.41) is 3.39. The molecule has 2 aliphatic rings. The summed E-state index contributed by atoms with van der Waals surface area (Å²) in [7, 11) is 0. The van der Waals surface area contributed by atoms with Crippen LogP contribution in [0.25, 0.3) is 0 Å². The van der Waals surface area contributed by atoms with Gasteiger partial charge in [-0.3, -0.25) is 9.69 Å². The molecule has 2 saturated heterocycles. The lowest BCUT2D eigenvalue weighted by atomic mass is 9.99. The zero-order valence-corrected chi connectivity index (χ0v) is 12.7. The van der Waals surface area contributed by atoms with Crippen molar-refractivity contribution in [3.05, 3.63) is 0 Å². The Hall–Kier alpha value is -0.610. The molecule has 0 aliphatic carbocycles. The molecule has 0 aromatic rings. The van der Waals surface area contributed by atoms with Crippen LogP contribution >= 0.6 is 0 Å². The maximum absolute atomic E-state index is 12.2. The lowest BCUT2D eigenvalue weighted by Crippen LogP contribution is -2.56. The van der Waals surface area contributed by atoms with E-state index in [1.165, 1.54) is 25.8 Å². The Morgan fingerprint density at radius 2 is 2.00 bits per heavy atom. The Balaban J connectivity index is 1.74. The summed E-state index contributed by atoms with van der Waals surface area (Å²) in [4.78, 5) is 16.9. The van der Waals surface area contributed by atoms with Gasteiger partial charge < -0.3 is 10.2 Å². The van der Waals surface area contributed by atoms with E-state index in [2.05, 4.69) is 35.9 Å². The van der Waals surface area contributed by atoms with Crippen molar-refractivity contribution in [2.45, 2.75) is 58.0 Å². The van der Waals surface area contributed by atoms with Gasteiger partial charge in [0.1, 0.15) is 0 Å². The van der Waals surface area contributed by atoms with Crippen molar-refractivity contribution in [2.75, 3.05) is 32.7 Å². The van der Waals surface area contributed by atoms with E-state index in [9.17, 15) is 4.79 Å². The lowest BCUT2D eigenvalue weighted by molar-refractivity contribution is -0.134. The molecule has 2 heterocycles. The van der Waals surface area contributed by atoms with E-state index < -0.39 is 0 Å². The van der Waals surface area contributed by atoms with E-state index in [0.29, 0.717) is 18.4 Å². The van der Waals surface area contributed by atoms with Crippen LogP contribution < -0.4 is 5.32 Å². The van der Waals surface area contributed by atoms with Crippen LogP contribution in [0.3, 0.4) is 0 Å². The molecule has 2 fully saturated rings. The summed E-state index contributed by atoms with van der Waals surface area (Å²) in [6.07, 6.45) is 4.56. The van der Waals surface area contributed by atoms with Crippen LogP contribution in [-0.4, -0.2) is 60.0 Å². The molecular formula is C15H29N3O. The number of fused-ring (bicyclic) bond motifs is 1. The average molecular weight is 267 g/mol. The van der Waals surface area contributed by atoms with E-state index in [1.54, 1.807) is 0 Å². The fraction of sp³-hybridized carbons (Fsp3) is 0.933. The van der Waals surface area contributed by atoms with Crippen molar-refractivity contribution in [3.63, 3.8) is 0 Å². The minimum atomic E-state index is 0.0996. The highest BCUT2D eigenvalue weighted by molar-refractivity contribution is 5.76. The highest BCUT2D eigenvalue weighted by atomic mass is 16.2. The lowest BCUT2D eigenvalue weighted by Gasteiger charge is -2.44. The van der Waals surface area contributed by atoms with Gasteiger partial charge in [-0.05, 0) is 40.2 Å². The number of nitrogens with zero attached hydrogens (tertiary/aromatic N) is 2. The number of amides is 1. The normalized spacial score (nSPS) is 25.2. The smallest absolute Gasteiger partial charge is 0.223 e. The molecule has 110 valence electrons. The highest BCUT2D eigenvalue weighted by Crippen LogP contribution is 2.21. The topological polar surface area (TPSA) is 35.6 Å². The molecule has 0 aromatic carbocycles. The van der Waals surface area contributed by atoms with Gasteiger partial charge in [0, 0.05) is 44.2 Å². The molecule has 1 N–H and O–H groups in total. The van der Waals surface area contributed by atoms with Crippen molar-refractivity contribution in [1.82, 2.24) is 15.1 Å². The van der Waals surface area contributed by atoms with Crippen molar-refractivity contribution >= 4 is 5.91 Å². The summed E-state index contributed by atoms with van der Waals surface area (Å²) >= 11 is 0. The van der Waals surface area contributed by atoms with Crippen molar-refractivity contribution in [3.8, 4) is 0 Å². The van der Waals surface area contributed by atoms with Gasteiger partial charge in [-0.25, -0.2) is 0 Å². The van der Waals surface area contributed by atoms with E-state index in [4.69, 9.17) is 0 Å². The molecule has 1 amide bonds. The molecule has 2 rings (SSSR count). The first-order valence-electron chi connectivity index (χ1n) is 7.72. The predicted molar refractivity (Wildman–Crippen MR) is 78.2 cm³/mol. The van der Waals surface area contributed by atoms with Gasteiger partial charge in [0.2, 0.25) is 5.91 Å². The first-order valence-corrected chi connectivity index (χ1v) is 7.72. The first kappa shape index (κ1) is 14.8. The van der Waals surface area contributed by atoms with Gasteiger partial charge in [0.25, 0.3) is 0 Å². The quantitative estimate of drug-likeness (QED) is 0.841. The Kier molecular flexibility index (Phi) is 4.85. The molecule has 1 atom stereocenters. The van der Waals surface area contributed by atoms with Crippen LogP contribution in [0.15, 0.2) is 0 Å². The maximum Gasteiger partial charge on any atom is 0.223 e. The number of rotatable bonds is 3. The highest BCUT2D eigenvalue weighted by Gasteiger charge is 2.30. The van der Waals surface area contributed by atoms with Crippen LogP contribution in [0.5, 0.6) is 0 Å². The average Bonchev–Trinajstić information content (AvgIpc) is 2.36. The standard InChI is InChI=1S/C15H29N3O/c1-15(2,3)16-8-7-14(19)18-11-10-17-9-5-4-6-13(17)12-18/h13,16H,4-12H2,1-3H3. The van der Waals surface area contributed by atoms with Gasteiger partial charge in [0.05, 0.1) is 0 Å². The number of carbonyl (C=O) groups is 1. The largest absolute Gasteiger partial charge is 0.340 e. The second-order valence-electron chi connectivity index (χ2n) is 6.95.